The zero-order valence-corrected chi connectivity index (χ0v) is 29.4. The van der Waals surface area contributed by atoms with E-state index in [-0.39, 0.29) is 37.0 Å². The molecular weight excluding hydrogens is 698 g/mol. The molecule has 3 heterocycles. The molecule has 49 heavy (non-hydrogen) atoms. The maximum Gasteiger partial charge on any atom is 0.270 e. The highest BCUT2D eigenvalue weighted by atomic mass is 35.5. The molecule has 18 heteroatoms. The van der Waals surface area contributed by atoms with Crippen LogP contribution in [0.4, 0.5) is 5.82 Å². The van der Waals surface area contributed by atoms with Gasteiger partial charge in [-0.2, -0.15) is 4.37 Å². The Labute approximate surface area is 292 Å². The minimum Gasteiger partial charge on any atom is -0.494 e. The number of nitrogens with zero attached hydrogens (tertiary/aromatic N) is 4. The summed E-state index contributed by atoms with van der Waals surface area (Å²) >= 11 is 7.22. The van der Waals surface area contributed by atoms with Gasteiger partial charge in [-0.3, -0.25) is 19.1 Å². The molecule has 1 aliphatic heterocycles. The predicted molar refractivity (Wildman–Crippen MR) is 181 cm³/mol. The molecule has 262 valence electrons. The van der Waals surface area contributed by atoms with Gasteiger partial charge in [0, 0.05) is 28.1 Å². The van der Waals surface area contributed by atoms with Crippen molar-refractivity contribution in [3.63, 3.8) is 0 Å². The number of hydrogen-bond donors (Lipinski definition) is 3. The maximum atomic E-state index is 14.1. The minimum atomic E-state index is -3.88. The molecule has 3 fully saturated rings. The summed E-state index contributed by atoms with van der Waals surface area (Å²) in [5.41, 5.74) is -1.53. The Morgan fingerprint density at radius 2 is 2.00 bits per heavy atom. The number of hydrogen-bond acceptors (Lipinski definition) is 13. The Kier molecular flexibility index (Phi) is 9.61. The molecule has 0 radical (unpaired) electrons. The molecule has 3 N–H and O–H groups in total. The van der Waals surface area contributed by atoms with E-state index in [1.54, 1.807) is 32.0 Å². The number of rotatable bonds is 14. The van der Waals surface area contributed by atoms with Crippen LogP contribution in [0.25, 0.3) is 10.8 Å². The SMILES string of the molecule is C=C[C@@H]1C[C@]1(NC(=O)[C@@H]1C[C@@H](Oc2ncc(OC)c3ccc(Cl)cc23)CN1C(=O)C(C)Nc1nsnc1OCC)C(=O)NS(=O)(=O)C1CC1. The van der Waals surface area contributed by atoms with E-state index in [2.05, 4.69) is 35.7 Å². The summed E-state index contributed by atoms with van der Waals surface area (Å²) in [4.78, 5) is 47.3. The number of pyridine rings is 1. The number of methoxy groups -OCH3 is 1. The minimum absolute atomic E-state index is 0.00746. The van der Waals surface area contributed by atoms with Gasteiger partial charge in [0.05, 0.1) is 43.4 Å². The summed E-state index contributed by atoms with van der Waals surface area (Å²) in [5.74, 6) is -1.16. The first-order chi connectivity index (χ1) is 23.4. The summed E-state index contributed by atoms with van der Waals surface area (Å²) in [6, 6.07) is 3.22. The van der Waals surface area contributed by atoms with Crippen molar-refractivity contribution < 1.29 is 37.0 Å². The first-order valence-corrected chi connectivity index (χ1v) is 18.4. The average molecular weight is 734 g/mol. The standard InChI is InChI=1S/C31H36ClN7O8S2/c1-5-17-13-31(17,30(42)38-49(43,44)20-8-9-20)35-26(40)23-12-19(47-27-22-11-18(32)7-10-21(22)24(45-4)14-33-27)15-39(23)29(41)16(3)34-25-28(46-6-2)37-48-36-25/h5,7,10-11,14,16-17,19-20,23H,1,6,8-9,12-13,15H2,2-4H3,(H,34,36)(H,35,40)(H,38,42)/t16?,17-,19-,23+,31-/m1/s1. The Morgan fingerprint density at radius 3 is 2.67 bits per heavy atom. The molecule has 3 aromatic rings. The van der Waals surface area contributed by atoms with Gasteiger partial charge in [0.1, 0.15) is 29.5 Å². The Bertz CT molecular complexity index is 1910. The number of likely N-dealkylation sites (tertiary alicyclic amines) is 1. The van der Waals surface area contributed by atoms with Gasteiger partial charge in [-0.05, 0) is 51.3 Å². The largest absolute Gasteiger partial charge is 0.494 e. The number of anilines is 1. The third-order valence-electron chi connectivity index (χ3n) is 8.84. The lowest BCUT2D eigenvalue weighted by atomic mass is 10.1. The number of amides is 3. The maximum absolute atomic E-state index is 14.1. The molecule has 1 unspecified atom stereocenters. The molecule has 1 aromatic carbocycles. The summed E-state index contributed by atoms with van der Waals surface area (Å²) in [6.45, 7) is 7.51. The van der Waals surface area contributed by atoms with Crippen LogP contribution in [-0.2, 0) is 24.4 Å². The van der Waals surface area contributed by atoms with E-state index in [4.69, 9.17) is 25.8 Å². The first-order valence-electron chi connectivity index (χ1n) is 15.7. The Morgan fingerprint density at radius 1 is 1.22 bits per heavy atom. The van der Waals surface area contributed by atoms with E-state index in [1.165, 1.54) is 24.3 Å². The highest BCUT2D eigenvalue weighted by Gasteiger charge is 2.62. The molecule has 15 nitrogen and oxygen atoms in total. The van der Waals surface area contributed by atoms with Crippen LogP contribution < -0.4 is 29.6 Å². The van der Waals surface area contributed by atoms with Gasteiger partial charge in [0.25, 0.3) is 11.8 Å². The van der Waals surface area contributed by atoms with E-state index < -0.39 is 62.6 Å². The quantitative estimate of drug-likeness (QED) is 0.206. The first kappa shape index (κ1) is 34.6. The fraction of sp³-hybridized carbons (Fsp3) is 0.484. The second kappa shape index (κ2) is 13.6. The molecule has 5 atom stereocenters. The fourth-order valence-corrected chi connectivity index (χ4v) is 7.99. The summed E-state index contributed by atoms with van der Waals surface area (Å²) in [7, 11) is -2.35. The van der Waals surface area contributed by atoms with Crippen molar-refractivity contribution >= 4 is 67.7 Å². The van der Waals surface area contributed by atoms with Crippen molar-refractivity contribution in [2.45, 2.75) is 68.5 Å². The van der Waals surface area contributed by atoms with E-state index in [9.17, 15) is 22.8 Å². The summed E-state index contributed by atoms with van der Waals surface area (Å²) < 4.78 is 52.9. The normalized spacial score (nSPS) is 23.8. The highest BCUT2D eigenvalue weighted by molar-refractivity contribution is 7.91. The number of halogens is 1. The number of carbonyl (C=O) groups excluding carboxylic acids is 3. The van der Waals surface area contributed by atoms with Crippen LogP contribution in [0, 0.1) is 5.92 Å². The van der Waals surface area contributed by atoms with E-state index >= 15 is 0 Å². The molecule has 2 saturated carbocycles. The smallest absolute Gasteiger partial charge is 0.270 e. The molecular formula is C31H36ClN7O8S2. The van der Waals surface area contributed by atoms with Gasteiger partial charge in [0.2, 0.25) is 33.5 Å². The van der Waals surface area contributed by atoms with Gasteiger partial charge in [-0.15, -0.1) is 11.0 Å². The Hall–Kier alpha value is -4.22. The average Bonchev–Trinajstić information content (AvgIpc) is 3.97. The molecule has 2 aromatic heterocycles. The van der Waals surface area contributed by atoms with Crippen LogP contribution in [0.2, 0.25) is 5.02 Å². The lowest BCUT2D eigenvalue weighted by Gasteiger charge is -2.28. The zero-order chi connectivity index (χ0) is 35.1. The van der Waals surface area contributed by atoms with Crippen molar-refractivity contribution in [3.05, 3.63) is 42.1 Å². The summed E-state index contributed by atoms with van der Waals surface area (Å²) in [5, 5.41) is 6.89. The number of fused-ring (bicyclic) bond motifs is 1. The zero-order valence-electron chi connectivity index (χ0n) is 27.0. The topological polar surface area (TPSA) is 191 Å². The number of aromatic nitrogens is 3. The van der Waals surface area contributed by atoms with Crippen LogP contribution >= 0.6 is 23.3 Å². The van der Waals surface area contributed by atoms with Crippen LogP contribution in [0.1, 0.15) is 39.5 Å². The predicted octanol–water partition coefficient (Wildman–Crippen LogP) is 2.67. The lowest BCUT2D eigenvalue weighted by molar-refractivity contribution is -0.140. The highest BCUT2D eigenvalue weighted by Crippen LogP contribution is 2.45. The van der Waals surface area contributed by atoms with Crippen molar-refractivity contribution in [1.29, 1.82) is 0 Å². The molecule has 3 aliphatic rings. The number of carbonyl (C=O) groups is 3. The molecule has 6 rings (SSSR count). The van der Waals surface area contributed by atoms with Crippen molar-refractivity contribution in [1.82, 2.24) is 28.7 Å². The number of nitrogens with one attached hydrogen (secondary N) is 3. The third kappa shape index (κ3) is 6.96. The number of ether oxygens (including phenoxy) is 3. The summed E-state index contributed by atoms with van der Waals surface area (Å²) in [6.07, 6.45) is 3.44. The van der Waals surface area contributed by atoms with Gasteiger partial charge >= 0.3 is 0 Å². The monoisotopic (exact) mass is 733 g/mol. The van der Waals surface area contributed by atoms with E-state index in [0.717, 1.165) is 11.7 Å². The van der Waals surface area contributed by atoms with Crippen LogP contribution in [0.3, 0.4) is 0 Å². The van der Waals surface area contributed by atoms with Crippen molar-refractivity contribution in [3.8, 4) is 17.5 Å². The number of benzene rings is 1. The van der Waals surface area contributed by atoms with Crippen LogP contribution in [-0.4, -0.2) is 94.0 Å². The van der Waals surface area contributed by atoms with Crippen molar-refractivity contribution in [2.24, 2.45) is 5.92 Å². The number of sulfonamides is 1. The Balaban J connectivity index is 1.26. The second-order valence-corrected chi connectivity index (χ2v) is 15.1. The van der Waals surface area contributed by atoms with Gasteiger partial charge in [-0.1, -0.05) is 17.7 Å². The van der Waals surface area contributed by atoms with Gasteiger partial charge < -0.3 is 29.7 Å². The molecule has 2 aliphatic carbocycles. The molecule has 1 saturated heterocycles. The molecule has 0 spiro atoms. The third-order valence-corrected chi connectivity index (χ3v) is 11.4. The van der Waals surface area contributed by atoms with Gasteiger partial charge in [-0.25, -0.2) is 13.4 Å². The molecule has 0 bridgehead atoms. The second-order valence-electron chi connectivity index (χ2n) is 12.2. The van der Waals surface area contributed by atoms with E-state index in [0.29, 0.717) is 41.0 Å². The lowest BCUT2D eigenvalue weighted by Crippen LogP contribution is -2.57. The van der Waals surface area contributed by atoms with E-state index in [1.807, 2.05) is 0 Å². The molecule has 3 amide bonds. The van der Waals surface area contributed by atoms with Gasteiger partial charge in [0.15, 0.2) is 0 Å². The fourth-order valence-electron chi connectivity index (χ4n) is 5.99. The van der Waals surface area contributed by atoms with Crippen LogP contribution in [0.5, 0.6) is 17.5 Å². The van der Waals surface area contributed by atoms with Crippen LogP contribution in [0.15, 0.2) is 37.1 Å². The van der Waals surface area contributed by atoms with Crippen molar-refractivity contribution in [2.75, 3.05) is 25.6 Å².